The van der Waals surface area contributed by atoms with Gasteiger partial charge in [0.1, 0.15) is 15.6 Å². The van der Waals surface area contributed by atoms with Gasteiger partial charge in [0.2, 0.25) is 5.91 Å². The molecule has 3 rings (SSSR count). The standard InChI is InChI=1S/C27H38N2O8S2/c1-20(19-38(3,32)33)27(31)28-25(17-21-9-5-4-6-10-21)26(30)18-29(37-23-11-7-8-12-23)39(34,35)24-15-13-22(36-2)14-16-24/h4-6,9-10,13-16,20,23,25-26,30H,7-8,11-12,17-19H2,1-3H3,(H,28,31)/t20?,25-,26?/m0/s1. The van der Waals surface area contributed by atoms with Crippen molar-refractivity contribution in [1.82, 2.24) is 9.79 Å². The molecule has 2 N–H and O–H groups in total. The highest BCUT2D eigenvalue weighted by Crippen LogP contribution is 2.27. The van der Waals surface area contributed by atoms with Gasteiger partial charge in [-0.3, -0.25) is 9.63 Å². The molecule has 1 aliphatic carbocycles. The summed E-state index contributed by atoms with van der Waals surface area (Å²) in [6, 6.07) is 14.1. The minimum absolute atomic E-state index is 0.0288. The number of hydrogen-bond acceptors (Lipinski definition) is 8. The smallest absolute Gasteiger partial charge is 0.265 e. The minimum Gasteiger partial charge on any atom is -0.497 e. The number of ether oxygens (including phenoxy) is 1. The zero-order valence-electron chi connectivity index (χ0n) is 22.5. The number of aliphatic hydroxyl groups excluding tert-OH is 1. The SMILES string of the molecule is COc1ccc(S(=O)(=O)N(CC(O)[C@H](Cc2ccccc2)NC(=O)C(C)CS(C)(=O)=O)OC2CCCC2)cc1. The fourth-order valence-corrected chi connectivity index (χ4v) is 6.87. The largest absolute Gasteiger partial charge is 0.497 e. The lowest BCUT2D eigenvalue weighted by atomic mass is 10.0. The van der Waals surface area contributed by atoms with E-state index >= 15 is 0 Å². The van der Waals surface area contributed by atoms with Gasteiger partial charge in [-0.05, 0) is 49.1 Å². The molecule has 1 aliphatic rings. The van der Waals surface area contributed by atoms with Crippen LogP contribution in [0.3, 0.4) is 0 Å². The predicted molar refractivity (Wildman–Crippen MR) is 147 cm³/mol. The van der Waals surface area contributed by atoms with Crippen molar-refractivity contribution in [3.63, 3.8) is 0 Å². The first-order chi connectivity index (χ1) is 18.4. The topological polar surface area (TPSA) is 139 Å². The van der Waals surface area contributed by atoms with E-state index in [-0.39, 0.29) is 23.2 Å². The Hall–Kier alpha value is -2.51. The molecule has 0 radical (unpaired) electrons. The number of nitrogens with one attached hydrogen (secondary N) is 1. The van der Waals surface area contributed by atoms with Gasteiger partial charge in [-0.15, -0.1) is 0 Å². The van der Waals surface area contributed by atoms with Gasteiger partial charge >= 0.3 is 0 Å². The highest BCUT2D eigenvalue weighted by molar-refractivity contribution is 7.90. The minimum atomic E-state index is -4.18. The number of aliphatic hydroxyl groups is 1. The van der Waals surface area contributed by atoms with Crippen molar-refractivity contribution in [2.24, 2.45) is 5.92 Å². The lowest BCUT2D eigenvalue weighted by Crippen LogP contribution is -2.52. The van der Waals surface area contributed by atoms with Crippen LogP contribution in [-0.2, 0) is 35.9 Å². The molecule has 0 aromatic heterocycles. The maximum atomic E-state index is 13.6. The highest BCUT2D eigenvalue weighted by Gasteiger charge is 2.35. The van der Waals surface area contributed by atoms with Gasteiger partial charge in [0, 0.05) is 12.2 Å². The third-order valence-corrected chi connectivity index (χ3v) is 9.37. The van der Waals surface area contributed by atoms with E-state index in [2.05, 4.69) is 5.32 Å². The van der Waals surface area contributed by atoms with Crippen LogP contribution in [-0.4, -0.2) is 76.2 Å². The number of sulfone groups is 1. The molecule has 0 saturated heterocycles. The van der Waals surface area contributed by atoms with Crippen LogP contribution in [0, 0.1) is 5.92 Å². The van der Waals surface area contributed by atoms with Crippen molar-refractivity contribution < 1.29 is 36.3 Å². The molecule has 216 valence electrons. The molecular weight excluding hydrogens is 544 g/mol. The molecule has 1 amide bonds. The van der Waals surface area contributed by atoms with E-state index in [1.807, 2.05) is 30.3 Å². The summed E-state index contributed by atoms with van der Waals surface area (Å²) in [6.45, 7) is 1.05. The Labute approximate surface area is 231 Å². The average Bonchev–Trinajstić information content (AvgIpc) is 3.40. The molecule has 12 heteroatoms. The van der Waals surface area contributed by atoms with Gasteiger partial charge in [-0.1, -0.05) is 54.6 Å². The van der Waals surface area contributed by atoms with Crippen molar-refractivity contribution in [2.75, 3.05) is 25.7 Å². The van der Waals surface area contributed by atoms with Gasteiger partial charge in [-0.25, -0.2) is 16.8 Å². The van der Waals surface area contributed by atoms with Crippen LogP contribution in [0.25, 0.3) is 0 Å². The molecule has 2 unspecified atom stereocenters. The lowest BCUT2D eigenvalue weighted by Gasteiger charge is -2.31. The van der Waals surface area contributed by atoms with Gasteiger partial charge < -0.3 is 15.2 Å². The van der Waals surface area contributed by atoms with Crippen molar-refractivity contribution in [2.45, 2.75) is 62.2 Å². The number of methoxy groups -OCH3 is 1. The van der Waals surface area contributed by atoms with E-state index < -0.39 is 50.4 Å². The first-order valence-electron chi connectivity index (χ1n) is 12.9. The molecule has 1 fully saturated rings. The number of amides is 1. The average molecular weight is 583 g/mol. The van der Waals surface area contributed by atoms with Crippen molar-refractivity contribution in [3.8, 4) is 5.75 Å². The molecule has 2 aromatic carbocycles. The van der Waals surface area contributed by atoms with Crippen molar-refractivity contribution >= 4 is 25.8 Å². The van der Waals surface area contributed by atoms with Crippen LogP contribution in [0.5, 0.6) is 5.75 Å². The number of carbonyl (C=O) groups excluding carboxylic acids is 1. The second-order valence-electron chi connectivity index (χ2n) is 10.0. The number of nitrogens with zero attached hydrogens (tertiary/aromatic N) is 1. The molecule has 0 heterocycles. The quantitative estimate of drug-likeness (QED) is 0.324. The number of hydroxylamine groups is 1. The number of sulfonamides is 1. The Morgan fingerprint density at radius 1 is 1.05 bits per heavy atom. The maximum absolute atomic E-state index is 13.6. The number of benzene rings is 2. The van der Waals surface area contributed by atoms with Crippen LogP contribution >= 0.6 is 0 Å². The molecule has 0 bridgehead atoms. The van der Waals surface area contributed by atoms with Crippen LogP contribution in [0.15, 0.2) is 59.5 Å². The molecule has 39 heavy (non-hydrogen) atoms. The molecular formula is C27H38N2O8S2. The van der Waals surface area contributed by atoms with Gasteiger partial charge in [-0.2, -0.15) is 0 Å². The van der Waals surface area contributed by atoms with E-state index in [1.165, 1.54) is 38.3 Å². The molecule has 10 nitrogen and oxygen atoms in total. The Kier molecular flexibility index (Phi) is 10.9. The first kappa shape index (κ1) is 31.0. The molecule has 1 saturated carbocycles. The summed E-state index contributed by atoms with van der Waals surface area (Å²) in [7, 11) is -6.11. The molecule has 0 aliphatic heterocycles. The summed E-state index contributed by atoms with van der Waals surface area (Å²) in [4.78, 5) is 18.8. The van der Waals surface area contributed by atoms with Gasteiger partial charge in [0.25, 0.3) is 10.0 Å². The van der Waals surface area contributed by atoms with Gasteiger partial charge in [0.15, 0.2) is 0 Å². The fraction of sp³-hybridized carbons (Fsp3) is 0.519. The van der Waals surface area contributed by atoms with Crippen LogP contribution in [0.2, 0.25) is 0 Å². The molecule has 3 atom stereocenters. The van der Waals surface area contributed by atoms with E-state index in [9.17, 15) is 26.7 Å². The van der Waals surface area contributed by atoms with Gasteiger partial charge in [0.05, 0.1) is 42.6 Å². The summed E-state index contributed by atoms with van der Waals surface area (Å²) in [5.41, 5.74) is 0.805. The second kappa shape index (κ2) is 13.7. The third-order valence-electron chi connectivity index (χ3n) is 6.62. The van der Waals surface area contributed by atoms with Crippen molar-refractivity contribution in [1.29, 1.82) is 0 Å². The number of rotatable bonds is 14. The Balaban J connectivity index is 1.87. The summed E-state index contributed by atoms with van der Waals surface area (Å²) in [5.74, 6) is -1.28. The van der Waals surface area contributed by atoms with E-state index in [4.69, 9.17) is 9.57 Å². The lowest BCUT2D eigenvalue weighted by molar-refractivity contribution is -0.147. The summed E-state index contributed by atoms with van der Waals surface area (Å²) in [5, 5.41) is 14.1. The molecule has 2 aromatic rings. The third kappa shape index (κ3) is 9.28. The monoisotopic (exact) mass is 582 g/mol. The maximum Gasteiger partial charge on any atom is 0.265 e. The molecule has 0 spiro atoms. The summed E-state index contributed by atoms with van der Waals surface area (Å²) >= 11 is 0. The van der Waals surface area contributed by atoms with Crippen LogP contribution in [0.1, 0.15) is 38.2 Å². The fourth-order valence-electron chi connectivity index (χ4n) is 4.51. The van der Waals surface area contributed by atoms with E-state index in [0.717, 1.165) is 29.1 Å². The van der Waals surface area contributed by atoms with Crippen molar-refractivity contribution in [3.05, 3.63) is 60.2 Å². The number of hydrogen-bond donors (Lipinski definition) is 2. The second-order valence-corrected chi connectivity index (χ2v) is 14.1. The Morgan fingerprint density at radius 2 is 1.67 bits per heavy atom. The summed E-state index contributed by atoms with van der Waals surface area (Å²) < 4.78 is 56.6. The Bertz CT molecular complexity index is 1280. The zero-order valence-corrected chi connectivity index (χ0v) is 24.2. The Morgan fingerprint density at radius 3 is 2.23 bits per heavy atom. The van der Waals surface area contributed by atoms with E-state index in [1.54, 1.807) is 0 Å². The number of carbonyl (C=O) groups is 1. The van der Waals surface area contributed by atoms with Crippen LogP contribution in [0.4, 0.5) is 0 Å². The summed E-state index contributed by atoms with van der Waals surface area (Å²) in [6.07, 6.45) is 2.77. The van der Waals surface area contributed by atoms with E-state index in [0.29, 0.717) is 18.6 Å². The predicted octanol–water partition coefficient (Wildman–Crippen LogP) is 2.33. The zero-order chi connectivity index (χ0) is 28.6. The van der Waals surface area contributed by atoms with Crippen LogP contribution < -0.4 is 10.1 Å². The normalized spacial score (nSPS) is 17.1. The first-order valence-corrected chi connectivity index (χ1v) is 16.4. The highest BCUT2D eigenvalue weighted by atomic mass is 32.2.